The molecule has 1 nitrogen and oxygen atoms in total. The Morgan fingerprint density at radius 2 is 1.73 bits per heavy atom. The van der Waals surface area contributed by atoms with E-state index in [-0.39, 0.29) is 0 Å². The number of likely N-dealkylation sites (tertiary alicyclic amines) is 1. The fraction of sp³-hybridized carbons (Fsp3) is 0.500. The summed E-state index contributed by atoms with van der Waals surface area (Å²) >= 11 is 6.11. The monoisotopic (exact) mass is 367 g/mol. The van der Waals surface area contributed by atoms with Gasteiger partial charge in [-0.2, -0.15) is 0 Å². The van der Waals surface area contributed by atoms with E-state index in [2.05, 4.69) is 59.5 Å². The van der Waals surface area contributed by atoms with Crippen LogP contribution < -0.4 is 0 Å². The number of hydrogen-bond acceptors (Lipinski definition) is 1. The zero-order chi connectivity index (χ0) is 17.8. The van der Waals surface area contributed by atoms with Gasteiger partial charge >= 0.3 is 0 Å². The Labute approximate surface area is 163 Å². The third-order valence-electron chi connectivity index (χ3n) is 6.58. The summed E-state index contributed by atoms with van der Waals surface area (Å²) < 4.78 is 0. The van der Waals surface area contributed by atoms with Crippen LogP contribution in [0.3, 0.4) is 0 Å². The Balaban J connectivity index is 1.36. The maximum atomic E-state index is 6.11. The van der Waals surface area contributed by atoms with E-state index in [1.807, 2.05) is 0 Å². The van der Waals surface area contributed by atoms with Crippen molar-refractivity contribution in [3.05, 3.63) is 70.7 Å². The van der Waals surface area contributed by atoms with Gasteiger partial charge in [-0.05, 0) is 74.2 Å². The molecule has 2 aliphatic rings. The SMILES string of the molecule is Clc1ccc(C2(CN3CCCC(CCc4ccccc4)C3)CCC2)cc1. The van der Waals surface area contributed by atoms with Crippen LogP contribution in [0.5, 0.6) is 0 Å². The van der Waals surface area contributed by atoms with Crippen LogP contribution in [-0.2, 0) is 11.8 Å². The summed E-state index contributed by atoms with van der Waals surface area (Å²) in [5, 5.41) is 0.849. The van der Waals surface area contributed by atoms with Crippen LogP contribution in [0.15, 0.2) is 54.6 Å². The van der Waals surface area contributed by atoms with Crippen LogP contribution in [0, 0.1) is 5.92 Å². The summed E-state index contributed by atoms with van der Waals surface area (Å²) in [6.45, 7) is 3.79. The van der Waals surface area contributed by atoms with Crippen LogP contribution in [0.1, 0.15) is 49.7 Å². The van der Waals surface area contributed by atoms with Gasteiger partial charge in [-0.3, -0.25) is 0 Å². The van der Waals surface area contributed by atoms with Crippen molar-refractivity contribution < 1.29 is 0 Å². The highest BCUT2D eigenvalue weighted by Gasteiger charge is 2.40. The predicted molar refractivity (Wildman–Crippen MR) is 111 cm³/mol. The van der Waals surface area contributed by atoms with Gasteiger partial charge in [0.25, 0.3) is 0 Å². The van der Waals surface area contributed by atoms with Crippen molar-refractivity contribution in [2.24, 2.45) is 5.92 Å². The van der Waals surface area contributed by atoms with Crippen molar-refractivity contribution in [3.63, 3.8) is 0 Å². The van der Waals surface area contributed by atoms with Crippen molar-refractivity contribution in [2.75, 3.05) is 19.6 Å². The van der Waals surface area contributed by atoms with Crippen molar-refractivity contribution in [3.8, 4) is 0 Å². The molecule has 1 saturated carbocycles. The minimum absolute atomic E-state index is 0.381. The molecule has 0 N–H and O–H groups in total. The summed E-state index contributed by atoms with van der Waals surface area (Å²) in [5.74, 6) is 0.853. The normalized spacial score (nSPS) is 22.7. The summed E-state index contributed by atoms with van der Waals surface area (Å²) in [6.07, 6.45) is 9.34. The number of hydrogen-bond donors (Lipinski definition) is 0. The first-order valence-electron chi connectivity index (χ1n) is 10.3. The molecular formula is C24H30ClN. The zero-order valence-corrected chi connectivity index (χ0v) is 16.4. The lowest BCUT2D eigenvalue weighted by atomic mass is 9.64. The van der Waals surface area contributed by atoms with Crippen LogP contribution in [-0.4, -0.2) is 24.5 Å². The minimum Gasteiger partial charge on any atom is -0.302 e. The van der Waals surface area contributed by atoms with E-state index in [9.17, 15) is 0 Å². The number of benzene rings is 2. The zero-order valence-electron chi connectivity index (χ0n) is 15.7. The molecule has 1 aliphatic carbocycles. The smallest absolute Gasteiger partial charge is 0.0406 e. The molecule has 1 atom stereocenters. The lowest BCUT2D eigenvalue weighted by Crippen LogP contribution is -2.48. The van der Waals surface area contributed by atoms with Crippen LogP contribution in [0.2, 0.25) is 5.02 Å². The maximum Gasteiger partial charge on any atom is 0.0406 e. The van der Waals surface area contributed by atoms with E-state index in [0.29, 0.717) is 5.41 Å². The number of nitrogens with zero attached hydrogens (tertiary/aromatic N) is 1. The number of piperidine rings is 1. The second kappa shape index (κ2) is 8.15. The molecule has 2 heteroatoms. The van der Waals surface area contributed by atoms with Gasteiger partial charge in [0.1, 0.15) is 0 Å². The second-order valence-corrected chi connectivity index (χ2v) is 8.84. The molecule has 138 valence electrons. The topological polar surface area (TPSA) is 3.24 Å². The Morgan fingerprint density at radius 3 is 2.42 bits per heavy atom. The Morgan fingerprint density at radius 1 is 0.962 bits per heavy atom. The highest BCUT2D eigenvalue weighted by atomic mass is 35.5. The predicted octanol–water partition coefficient (Wildman–Crippen LogP) is 6.11. The van der Waals surface area contributed by atoms with Gasteiger partial charge in [-0.1, -0.05) is 60.5 Å². The molecule has 0 aromatic heterocycles. The van der Waals surface area contributed by atoms with Crippen molar-refractivity contribution >= 4 is 11.6 Å². The van der Waals surface area contributed by atoms with Crippen LogP contribution >= 0.6 is 11.6 Å². The highest BCUT2D eigenvalue weighted by molar-refractivity contribution is 6.30. The fourth-order valence-corrected chi connectivity index (χ4v) is 5.05. The molecule has 1 aliphatic heterocycles. The van der Waals surface area contributed by atoms with E-state index < -0.39 is 0 Å². The summed E-state index contributed by atoms with van der Waals surface area (Å²) in [5.41, 5.74) is 3.37. The second-order valence-electron chi connectivity index (χ2n) is 8.41. The Hall–Kier alpha value is -1.31. The van der Waals surface area contributed by atoms with Gasteiger partial charge in [0, 0.05) is 23.5 Å². The van der Waals surface area contributed by atoms with Gasteiger partial charge in [0.2, 0.25) is 0 Å². The van der Waals surface area contributed by atoms with E-state index in [4.69, 9.17) is 11.6 Å². The molecule has 0 amide bonds. The fourth-order valence-electron chi connectivity index (χ4n) is 4.92. The first-order valence-corrected chi connectivity index (χ1v) is 10.6. The third kappa shape index (κ3) is 4.15. The maximum absolute atomic E-state index is 6.11. The molecule has 0 radical (unpaired) electrons. The van der Waals surface area contributed by atoms with E-state index in [1.165, 1.54) is 75.7 Å². The first kappa shape index (κ1) is 18.1. The van der Waals surface area contributed by atoms with Gasteiger partial charge < -0.3 is 4.90 Å². The number of rotatable bonds is 6. The third-order valence-corrected chi connectivity index (χ3v) is 6.83. The minimum atomic E-state index is 0.381. The summed E-state index contributed by atoms with van der Waals surface area (Å²) in [6, 6.07) is 19.6. The molecule has 4 rings (SSSR count). The molecule has 1 heterocycles. The average molecular weight is 368 g/mol. The standard InChI is InChI=1S/C24H30ClN/c25-23-13-11-22(12-14-23)24(15-5-16-24)19-26-17-4-8-21(18-26)10-9-20-6-2-1-3-7-20/h1-3,6-7,11-14,21H,4-5,8-10,15-19H2. The average Bonchev–Trinajstić information content (AvgIpc) is 2.65. The van der Waals surface area contributed by atoms with Crippen molar-refractivity contribution in [1.29, 1.82) is 0 Å². The quantitative estimate of drug-likeness (QED) is 0.595. The van der Waals surface area contributed by atoms with E-state index in [0.717, 1.165) is 10.9 Å². The van der Waals surface area contributed by atoms with Gasteiger partial charge in [0.15, 0.2) is 0 Å². The van der Waals surface area contributed by atoms with E-state index in [1.54, 1.807) is 0 Å². The largest absolute Gasteiger partial charge is 0.302 e. The van der Waals surface area contributed by atoms with Gasteiger partial charge in [-0.25, -0.2) is 0 Å². The van der Waals surface area contributed by atoms with E-state index >= 15 is 0 Å². The lowest BCUT2D eigenvalue weighted by Gasteiger charge is -2.47. The molecule has 0 spiro atoms. The highest BCUT2D eigenvalue weighted by Crippen LogP contribution is 2.45. The number of halogens is 1. The molecule has 2 aromatic rings. The first-order chi connectivity index (χ1) is 12.7. The van der Waals surface area contributed by atoms with Crippen LogP contribution in [0.4, 0.5) is 0 Å². The van der Waals surface area contributed by atoms with Gasteiger partial charge in [-0.15, -0.1) is 0 Å². The summed E-state index contributed by atoms with van der Waals surface area (Å²) in [4.78, 5) is 2.76. The van der Waals surface area contributed by atoms with Crippen LogP contribution in [0.25, 0.3) is 0 Å². The summed E-state index contributed by atoms with van der Waals surface area (Å²) in [7, 11) is 0. The van der Waals surface area contributed by atoms with Crippen molar-refractivity contribution in [2.45, 2.75) is 50.4 Å². The lowest BCUT2D eigenvalue weighted by molar-refractivity contribution is 0.0968. The molecule has 26 heavy (non-hydrogen) atoms. The van der Waals surface area contributed by atoms with Gasteiger partial charge in [0.05, 0.1) is 0 Å². The Kier molecular flexibility index (Phi) is 5.66. The Bertz CT molecular complexity index is 690. The molecule has 1 saturated heterocycles. The number of aryl methyl sites for hydroxylation is 1. The molecule has 2 aromatic carbocycles. The van der Waals surface area contributed by atoms with Crippen molar-refractivity contribution in [1.82, 2.24) is 4.90 Å². The molecule has 2 fully saturated rings. The molecule has 0 bridgehead atoms. The molecular weight excluding hydrogens is 338 g/mol. The molecule has 1 unspecified atom stereocenters.